The van der Waals surface area contributed by atoms with Crippen molar-refractivity contribution in [2.75, 3.05) is 6.54 Å². The fraction of sp³-hybridized carbons (Fsp3) is 0.222. The Labute approximate surface area is 152 Å². The number of sulfonamides is 1. The first kappa shape index (κ1) is 19.6. The quantitative estimate of drug-likeness (QED) is 0.692. The third-order valence-electron chi connectivity index (χ3n) is 3.78. The number of aryl methyl sites for hydroxylation is 2. The van der Waals surface area contributed by atoms with Crippen LogP contribution in [-0.4, -0.2) is 26.8 Å². The molecule has 8 heteroatoms. The summed E-state index contributed by atoms with van der Waals surface area (Å²) < 4.78 is 26.6. The van der Waals surface area contributed by atoms with E-state index in [4.69, 9.17) is 0 Å². The van der Waals surface area contributed by atoms with Crippen LogP contribution in [0.15, 0.2) is 47.4 Å². The van der Waals surface area contributed by atoms with Gasteiger partial charge in [-0.1, -0.05) is 31.2 Å². The lowest BCUT2D eigenvalue weighted by atomic mass is 10.1. The van der Waals surface area contributed by atoms with E-state index >= 15 is 0 Å². The van der Waals surface area contributed by atoms with E-state index in [2.05, 4.69) is 15.6 Å². The molecule has 0 aliphatic carbocycles. The third kappa shape index (κ3) is 4.47. The highest BCUT2D eigenvalue weighted by Gasteiger charge is 2.18. The Bertz CT molecular complexity index is 939. The van der Waals surface area contributed by atoms with Gasteiger partial charge in [-0.3, -0.25) is 20.4 Å². The maximum absolute atomic E-state index is 12.4. The van der Waals surface area contributed by atoms with Gasteiger partial charge in [-0.15, -0.1) is 0 Å². The average Bonchev–Trinajstić information content (AvgIpc) is 2.60. The maximum atomic E-state index is 12.4. The Hall–Kier alpha value is -2.71. The van der Waals surface area contributed by atoms with Crippen LogP contribution in [0.5, 0.6) is 0 Å². The molecule has 7 nitrogen and oxygen atoms in total. The molecule has 0 aliphatic heterocycles. The zero-order chi connectivity index (χ0) is 19.3. The Kier molecular flexibility index (Phi) is 6.12. The minimum Gasteiger partial charge on any atom is -0.267 e. The lowest BCUT2D eigenvalue weighted by molar-refractivity contribution is 0.0846. The van der Waals surface area contributed by atoms with E-state index in [1.54, 1.807) is 45.0 Å². The number of carbonyl (C=O) groups excluding carboxylic acids is 2. The molecule has 0 radical (unpaired) electrons. The van der Waals surface area contributed by atoms with Crippen molar-refractivity contribution in [3.63, 3.8) is 0 Å². The minimum absolute atomic E-state index is 0.0136. The second-order valence-corrected chi connectivity index (χ2v) is 7.47. The number of carbonyl (C=O) groups is 2. The predicted octanol–water partition coefficient (Wildman–Crippen LogP) is 1.68. The van der Waals surface area contributed by atoms with Crippen molar-refractivity contribution in [2.45, 2.75) is 25.7 Å². The van der Waals surface area contributed by atoms with Crippen LogP contribution in [0.25, 0.3) is 0 Å². The van der Waals surface area contributed by atoms with Gasteiger partial charge in [0.1, 0.15) is 0 Å². The van der Waals surface area contributed by atoms with Crippen molar-refractivity contribution in [3.05, 3.63) is 64.7 Å². The molecule has 0 spiro atoms. The second kappa shape index (κ2) is 8.11. The molecule has 138 valence electrons. The van der Waals surface area contributed by atoms with Crippen LogP contribution in [0, 0.1) is 13.8 Å². The van der Waals surface area contributed by atoms with Gasteiger partial charge in [0.15, 0.2) is 0 Å². The van der Waals surface area contributed by atoms with Crippen LogP contribution >= 0.6 is 0 Å². The van der Waals surface area contributed by atoms with E-state index in [0.29, 0.717) is 11.1 Å². The number of hydrogen-bond acceptors (Lipinski definition) is 4. The highest BCUT2D eigenvalue weighted by molar-refractivity contribution is 7.89. The van der Waals surface area contributed by atoms with Gasteiger partial charge in [0.25, 0.3) is 11.8 Å². The second-order valence-electron chi connectivity index (χ2n) is 5.70. The van der Waals surface area contributed by atoms with Crippen LogP contribution in [0.1, 0.15) is 38.8 Å². The summed E-state index contributed by atoms with van der Waals surface area (Å²) in [6.45, 7) is 5.38. The van der Waals surface area contributed by atoms with Crippen LogP contribution < -0.4 is 15.6 Å². The van der Waals surface area contributed by atoms with Crippen molar-refractivity contribution < 1.29 is 18.0 Å². The molecular weight excluding hydrogens is 354 g/mol. The van der Waals surface area contributed by atoms with Crippen molar-refractivity contribution in [1.29, 1.82) is 0 Å². The van der Waals surface area contributed by atoms with Crippen molar-refractivity contribution >= 4 is 21.8 Å². The SMILES string of the molecule is CCNS(=O)(=O)c1ccc(C)c(C(=O)NNC(=O)c2ccccc2C)c1. The van der Waals surface area contributed by atoms with E-state index in [-0.39, 0.29) is 17.0 Å². The van der Waals surface area contributed by atoms with Gasteiger partial charge in [0, 0.05) is 17.7 Å². The van der Waals surface area contributed by atoms with Crippen molar-refractivity contribution in [3.8, 4) is 0 Å². The van der Waals surface area contributed by atoms with Crippen molar-refractivity contribution in [1.82, 2.24) is 15.6 Å². The van der Waals surface area contributed by atoms with E-state index < -0.39 is 21.8 Å². The van der Waals surface area contributed by atoms with Gasteiger partial charge in [0.05, 0.1) is 4.90 Å². The highest BCUT2D eigenvalue weighted by Crippen LogP contribution is 2.15. The molecule has 3 N–H and O–H groups in total. The number of rotatable bonds is 5. The smallest absolute Gasteiger partial charge is 0.267 e. The van der Waals surface area contributed by atoms with Gasteiger partial charge in [0.2, 0.25) is 10.0 Å². The number of hydrazine groups is 1. The largest absolute Gasteiger partial charge is 0.270 e. The molecule has 2 amide bonds. The van der Waals surface area contributed by atoms with Gasteiger partial charge in [-0.25, -0.2) is 13.1 Å². The summed E-state index contributed by atoms with van der Waals surface area (Å²) >= 11 is 0. The standard InChI is InChI=1S/C18H21N3O4S/c1-4-19-26(24,25)14-10-9-13(3)16(11-14)18(23)21-20-17(22)15-8-6-5-7-12(15)2/h5-11,19H,4H2,1-3H3,(H,20,22)(H,21,23). The molecule has 0 atom stereocenters. The summed E-state index contributed by atoms with van der Waals surface area (Å²) in [5.74, 6) is -1.05. The Morgan fingerprint density at radius 1 is 0.885 bits per heavy atom. The molecule has 2 aromatic carbocycles. The lowest BCUT2D eigenvalue weighted by Gasteiger charge is -2.12. The van der Waals surface area contributed by atoms with E-state index in [9.17, 15) is 18.0 Å². The molecule has 0 aliphatic rings. The number of amides is 2. The molecule has 0 bridgehead atoms. The Morgan fingerprint density at radius 2 is 1.46 bits per heavy atom. The summed E-state index contributed by atoms with van der Waals surface area (Å²) in [7, 11) is -3.68. The molecule has 26 heavy (non-hydrogen) atoms. The third-order valence-corrected chi connectivity index (χ3v) is 5.32. The summed E-state index contributed by atoms with van der Waals surface area (Å²) in [6, 6.07) is 11.2. The molecule has 2 rings (SSSR count). The number of hydrogen-bond donors (Lipinski definition) is 3. The maximum Gasteiger partial charge on any atom is 0.270 e. The summed E-state index contributed by atoms with van der Waals surface area (Å²) in [5.41, 5.74) is 6.62. The topological polar surface area (TPSA) is 104 Å². The van der Waals surface area contributed by atoms with Crippen LogP contribution in [0.2, 0.25) is 0 Å². The monoisotopic (exact) mass is 375 g/mol. The fourth-order valence-electron chi connectivity index (χ4n) is 2.36. The molecule has 0 aromatic heterocycles. The number of benzene rings is 2. The first-order valence-corrected chi connectivity index (χ1v) is 9.51. The van der Waals surface area contributed by atoms with Gasteiger partial charge in [-0.2, -0.15) is 0 Å². The zero-order valence-electron chi connectivity index (χ0n) is 14.8. The highest BCUT2D eigenvalue weighted by atomic mass is 32.2. The predicted molar refractivity (Wildman–Crippen MR) is 98.2 cm³/mol. The van der Waals surface area contributed by atoms with Crippen molar-refractivity contribution in [2.24, 2.45) is 0 Å². The normalized spacial score (nSPS) is 11.0. The minimum atomic E-state index is -3.68. The molecule has 0 fully saturated rings. The molecule has 0 heterocycles. The first-order valence-electron chi connectivity index (χ1n) is 8.03. The van der Waals surface area contributed by atoms with Gasteiger partial charge in [-0.05, 0) is 43.2 Å². The first-order chi connectivity index (χ1) is 12.3. The molecule has 0 unspecified atom stereocenters. The van der Waals surface area contributed by atoms with Gasteiger partial charge < -0.3 is 0 Å². The summed E-state index contributed by atoms with van der Waals surface area (Å²) in [4.78, 5) is 24.5. The number of nitrogens with one attached hydrogen (secondary N) is 3. The molecular formula is C18H21N3O4S. The summed E-state index contributed by atoms with van der Waals surface area (Å²) in [6.07, 6.45) is 0. The van der Waals surface area contributed by atoms with E-state index in [0.717, 1.165) is 5.56 Å². The lowest BCUT2D eigenvalue weighted by Crippen LogP contribution is -2.42. The average molecular weight is 375 g/mol. The fourth-order valence-corrected chi connectivity index (χ4v) is 3.43. The molecule has 0 saturated carbocycles. The van der Waals surface area contributed by atoms with Gasteiger partial charge >= 0.3 is 0 Å². The Morgan fingerprint density at radius 3 is 2.08 bits per heavy atom. The zero-order valence-corrected chi connectivity index (χ0v) is 15.6. The molecule has 2 aromatic rings. The van der Waals surface area contributed by atoms with Crippen LogP contribution in [0.4, 0.5) is 0 Å². The van der Waals surface area contributed by atoms with E-state index in [1.165, 1.54) is 12.1 Å². The van der Waals surface area contributed by atoms with E-state index in [1.807, 2.05) is 6.07 Å². The van der Waals surface area contributed by atoms with Crippen LogP contribution in [0.3, 0.4) is 0 Å². The van der Waals surface area contributed by atoms with Crippen LogP contribution in [-0.2, 0) is 10.0 Å². The molecule has 0 saturated heterocycles. The Balaban J connectivity index is 2.17. The summed E-state index contributed by atoms with van der Waals surface area (Å²) in [5, 5.41) is 0.